The number of aliphatic carboxylic acids is 1. The van der Waals surface area contributed by atoms with E-state index in [0.29, 0.717) is 57.4 Å². The third-order valence-electron chi connectivity index (χ3n) is 21.2. The predicted octanol–water partition coefficient (Wildman–Crippen LogP) is 2.92. The summed E-state index contributed by atoms with van der Waals surface area (Å²) in [4.78, 5) is 79.1. The highest BCUT2D eigenvalue weighted by Gasteiger charge is 2.59. The molecular formula is C73H129N5O26. The van der Waals surface area contributed by atoms with Crippen LogP contribution >= 0.6 is 0 Å². The molecule has 0 spiro atoms. The van der Waals surface area contributed by atoms with Gasteiger partial charge in [-0.3, -0.25) is 24.0 Å². The van der Waals surface area contributed by atoms with Crippen LogP contribution in [0.25, 0.3) is 0 Å². The Morgan fingerprint density at radius 2 is 0.952 bits per heavy atom. The van der Waals surface area contributed by atoms with E-state index >= 15 is 0 Å². The molecule has 6 fully saturated rings. The second kappa shape index (κ2) is 45.3. The molecule has 1 aliphatic carbocycles. The number of carboxylic acids is 1. The van der Waals surface area contributed by atoms with Gasteiger partial charge in [0.2, 0.25) is 29.5 Å². The van der Waals surface area contributed by atoms with Crippen LogP contribution in [0.3, 0.4) is 0 Å². The zero-order valence-electron chi connectivity index (χ0n) is 62.9. The van der Waals surface area contributed by atoms with Crippen LogP contribution in [0.15, 0.2) is 0 Å². The number of aliphatic hydroxyl groups excluding tert-OH is 8. The van der Waals surface area contributed by atoms with Crippen molar-refractivity contribution in [1.82, 2.24) is 26.6 Å². The van der Waals surface area contributed by atoms with Crippen molar-refractivity contribution in [1.29, 1.82) is 0 Å². The minimum atomic E-state index is -2.27. The molecule has 5 amide bonds. The highest BCUT2D eigenvalue weighted by Crippen LogP contribution is 2.40. The second-order valence-corrected chi connectivity index (χ2v) is 29.5. The average molecular weight is 1490 g/mol. The van der Waals surface area contributed by atoms with Gasteiger partial charge >= 0.3 is 5.97 Å². The first-order chi connectivity index (χ1) is 49.7. The highest BCUT2D eigenvalue weighted by molar-refractivity contribution is 5.78. The first-order valence-electron chi connectivity index (χ1n) is 38.8. The minimum Gasteiger partial charge on any atom is -0.479 e. The van der Waals surface area contributed by atoms with Gasteiger partial charge in [0.05, 0.1) is 24.9 Å². The number of hydrogen-bond donors (Lipinski definition) is 14. The largest absolute Gasteiger partial charge is 0.479 e. The van der Waals surface area contributed by atoms with E-state index in [-0.39, 0.29) is 37.0 Å². The van der Waals surface area contributed by atoms with Gasteiger partial charge in [0.1, 0.15) is 97.5 Å². The molecule has 1 saturated carbocycles. The van der Waals surface area contributed by atoms with Gasteiger partial charge in [-0.2, -0.15) is 0 Å². The van der Waals surface area contributed by atoms with Crippen LogP contribution in [0.4, 0.5) is 0 Å². The Kier molecular flexibility index (Phi) is 38.7. The summed E-state index contributed by atoms with van der Waals surface area (Å²) in [5.41, 5.74) is -0.218. The zero-order valence-corrected chi connectivity index (χ0v) is 62.9. The molecule has 104 heavy (non-hydrogen) atoms. The van der Waals surface area contributed by atoms with Gasteiger partial charge < -0.3 is 125 Å². The summed E-state index contributed by atoms with van der Waals surface area (Å²) >= 11 is 0. The smallest absolute Gasteiger partial charge is 0.335 e. The fraction of sp³-hybridized carbons (Fsp3) is 0.918. The Hall–Kier alpha value is -3.94. The molecule has 16 unspecified atom stereocenters. The van der Waals surface area contributed by atoms with E-state index in [9.17, 15) is 74.7 Å². The summed E-state index contributed by atoms with van der Waals surface area (Å²) < 4.78 is 69.0. The van der Waals surface area contributed by atoms with Crippen LogP contribution in [0.2, 0.25) is 0 Å². The number of aliphatic hydroxyl groups is 8. The van der Waals surface area contributed by atoms with E-state index in [1.165, 1.54) is 72.1 Å². The van der Waals surface area contributed by atoms with Gasteiger partial charge in [0.15, 0.2) is 37.6 Å². The molecule has 602 valence electrons. The van der Waals surface area contributed by atoms with Crippen molar-refractivity contribution in [3.63, 3.8) is 0 Å². The van der Waals surface area contributed by atoms with Crippen molar-refractivity contribution in [2.45, 2.75) is 395 Å². The molecule has 0 radical (unpaired) electrons. The van der Waals surface area contributed by atoms with E-state index in [1.54, 1.807) is 6.92 Å². The van der Waals surface area contributed by atoms with E-state index in [2.05, 4.69) is 47.4 Å². The third-order valence-corrected chi connectivity index (χ3v) is 21.2. The number of rotatable bonds is 39. The topological polar surface area (TPSA) is 446 Å². The number of ether oxygens (including phenoxy) is 11. The van der Waals surface area contributed by atoms with Crippen molar-refractivity contribution >= 4 is 35.5 Å². The lowest BCUT2D eigenvalue weighted by Crippen LogP contribution is -2.71. The summed E-state index contributed by atoms with van der Waals surface area (Å²) in [5, 5.41) is 115. The zero-order chi connectivity index (χ0) is 76.2. The molecule has 5 heterocycles. The second-order valence-electron chi connectivity index (χ2n) is 29.5. The average Bonchev–Trinajstić information content (AvgIpc) is 0.764. The van der Waals surface area contributed by atoms with Crippen molar-refractivity contribution in [2.75, 3.05) is 26.4 Å². The lowest BCUT2D eigenvalue weighted by Gasteiger charge is -2.52. The third kappa shape index (κ3) is 26.1. The minimum absolute atomic E-state index is 0.0589. The molecule has 14 N–H and O–H groups in total. The van der Waals surface area contributed by atoms with Gasteiger partial charge in [0, 0.05) is 58.9 Å². The predicted molar refractivity (Wildman–Crippen MR) is 374 cm³/mol. The maximum atomic E-state index is 13.7. The molecule has 0 bridgehead atoms. The van der Waals surface area contributed by atoms with Gasteiger partial charge in [-0.1, -0.05) is 117 Å². The fourth-order valence-electron chi connectivity index (χ4n) is 15.3. The standard InChI is InChI=1S/C73H129N5O26/c1-10-13-15-22-30-38-94-61-42(5)97-69(51(56(61)87)75-44(7)80)104-66-59(90)58(89)65(67(92)93)103-72(66)102-64-53(77-46(9)82)70(98-43(6)62(64)100-71-60(91)57(88)55(86)48(40-79)99-71)101-63-52(76-45(8)81)68(96-41(4)54(63)85)95-39-31-23-29-37-74-49(83)34-26-27-35-50(84)78-73(12-3,36-28-14-11-2)47-32-24-20-18-16-17-19-21-25-33-47/h41-43,47-48,51-66,68-72,79,85-91H,10-40H2,1-9H3,(H,74,83)(H,75,80)(H,76,81)(H,77,82)(H,78,84)(H,92,93)/t41?,42?,43?,48?,51?,52?,53?,54-,55-,56?,57?,58+,59?,60?,61-,62-,63?,64?,65?,66?,68-,69+,70+,71+,72-,73?/m1/s1. The summed E-state index contributed by atoms with van der Waals surface area (Å²) in [6.45, 7) is 14.3. The maximum absolute atomic E-state index is 13.7. The van der Waals surface area contributed by atoms with Crippen LogP contribution in [0.5, 0.6) is 0 Å². The van der Waals surface area contributed by atoms with Crippen LogP contribution in [0, 0.1) is 5.92 Å². The van der Waals surface area contributed by atoms with E-state index in [4.69, 9.17) is 52.1 Å². The molecular weight excluding hydrogens is 1360 g/mol. The number of unbranched alkanes of at least 4 members (excludes halogenated alkanes) is 9. The molecule has 0 aromatic rings. The number of carbonyl (C=O) groups excluding carboxylic acids is 5. The van der Waals surface area contributed by atoms with Crippen molar-refractivity contribution in [3.8, 4) is 0 Å². The van der Waals surface area contributed by atoms with E-state index in [1.807, 2.05) is 0 Å². The summed E-state index contributed by atoms with van der Waals surface area (Å²) in [7, 11) is 0. The lowest BCUT2D eigenvalue weighted by molar-refractivity contribution is -0.388. The van der Waals surface area contributed by atoms with Crippen molar-refractivity contribution in [3.05, 3.63) is 0 Å². The van der Waals surface area contributed by atoms with Gasteiger partial charge in [-0.15, -0.1) is 0 Å². The molecule has 0 aromatic carbocycles. The fourth-order valence-corrected chi connectivity index (χ4v) is 15.3. The summed E-state index contributed by atoms with van der Waals surface area (Å²) in [6, 6.07) is -4.50. The Balaban J connectivity index is 1.16. The molecule has 6 aliphatic rings. The van der Waals surface area contributed by atoms with E-state index in [0.717, 1.165) is 84.5 Å². The molecule has 5 saturated heterocycles. The first-order valence-corrected chi connectivity index (χ1v) is 38.8. The van der Waals surface area contributed by atoms with Crippen LogP contribution in [-0.4, -0.2) is 267 Å². The molecule has 6 rings (SSSR count). The number of amides is 5. The SMILES string of the molecule is CCCCCCCO[C@@H]1C(C)O[C@@H](OC2C(O)[C@H](O)C(C(=O)O)O[C@H]2OC2C(NC(C)=O)[C@H](OC3C(NC(C)=O)[C@H](OCCCCCNC(=O)CCCCC(=O)NC(CC)(CCCCC)C4CCCCCCCCCC4)OC(C)[C@H]3O)OC(C)[C@H]2O[C@@H]2OC(CO)[C@@H](O)C(O)C2O)C(NC(C)=O)C1O. The van der Waals surface area contributed by atoms with E-state index < -0.39 is 184 Å². The first kappa shape index (κ1) is 89.0. The molecule has 5 aliphatic heterocycles. The van der Waals surface area contributed by atoms with Crippen LogP contribution < -0.4 is 26.6 Å². The quantitative estimate of drug-likeness (QED) is 0.0393. The van der Waals surface area contributed by atoms with Gasteiger partial charge in [-0.25, -0.2) is 4.79 Å². The Morgan fingerprint density at radius 1 is 0.442 bits per heavy atom. The molecule has 31 heteroatoms. The highest BCUT2D eigenvalue weighted by atomic mass is 16.8. The lowest BCUT2D eigenvalue weighted by atomic mass is 9.72. The Morgan fingerprint density at radius 3 is 1.55 bits per heavy atom. The number of carboxylic acid groups (broad SMARTS) is 1. The number of nitrogens with one attached hydrogen (secondary N) is 5. The molecule has 0 aromatic heterocycles. The normalized spacial score (nSPS) is 36.0. The van der Waals surface area contributed by atoms with Crippen LogP contribution in [-0.2, 0) is 80.9 Å². The Labute approximate surface area is 613 Å². The van der Waals surface area contributed by atoms with Gasteiger partial charge in [0.25, 0.3) is 0 Å². The number of hydrogen-bond acceptors (Lipinski definition) is 25. The monoisotopic (exact) mass is 1490 g/mol. The van der Waals surface area contributed by atoms with Crippen LogP contribution in [0.1, 0.15) is 236 Å². The summed E-state index contributed by atoms with van der Waals surface area (Å²) in [6.07, 6.45) is -12.3. The molecule has 31 nitrogen and oxygen atoms in total. The van der Waals surface area contributed by atoms with Crippen molar-refractivity contribution in [2.24, 2.45) is 5.92 Å². The Bertz CT molecular complexity index is 2540. The maximum Gasteiger partial charge on any atom is 0.335 e. The number of carbonyl (C=O) groups is 6. The van der Waals surface area contributed by atoms with Gasteiger partial charge in [-0.05, 0) is 90.9 Å². The van der Waals surface area contributed by atoms with Crippen molar-refractivity contribution < 1.29 is 127 Å². The summed E-state index contributed by atoms with van der Waals surface area (Å²) in [5.74, 6) is -3.46. The molecule has 26 atom stereocenters.